The van der Waals surface area contributed by atoms with Crippen molar-refractivity contribution in [3.63, 3.8) is 0 Å². The topological polar surface area (TPSA) is 40.5 Å². The first kappa shape index (κ1) is 12.8. The van der Waals surface area contributed by atoms with Crippen molar-refractivity contribution < 1.29 is 10.2 Å². The van der Waals surface area contributed by atoms with Gasteiger partial charge in [-0.25, -0.2) is 0 Å². The molecule has 0 aromatic heterocycles. The fourth-order valence-corrected chi connectivity index (χ4v) is 2.06. The molecule has 2 nitrogen and oxygen atoms in total. The summed E-state index contributed by atoms with van der Waals surface area (Å²) in [4.78, 5) is 0. The van der Waals surface area contributed by atoms with Crippen LogP contribution in [0.4, 0.5) is 0 Å². The quantitative estimate of drug-likeness (QED) is 0.865. The van der Waals surface area contributed by atoms with Gasteiger partial charge in [-0.3, -0.25) is 0 Å². The summed E-state index contributed by atoms with van der Waals surface area (Å²) < 4.78 is 0. The summed E-state index contributed by atoms with van der Waals surface area (Å²) in [5.41, 5.74) is 5.41. The van der Waals surface area contributed by atoms with E-state index in [0.717, 1.165) is 23.1 Å². The van der Waals surface area contributed by atoms with Crippen molar-refractivity contribution in [1.29, 1.82) is 0 Å². The van der Waals surface area contributed by atoms with Crippen molar-refractivity contribution in [3.8, 4) is 0 Å². The molecule has 0 amide bonds. The van der Waals surface area contributed by atoms with Crippen molar-refractivity contribution in [3.05, 3.63) is 70.3 Å². The average Bonchev–Trinajstić information content (AvgIpc) is 2.41. The zero-order valence-electron chi connectivity index (χ0n) is 10.6. The standard InChI is InChI=1S/C16H18O2/c1-12-2-7-15(16(8-12)11-18)9-13-3-5-14(10-17)6-4-13/h2-8,17-18H,9-11H2,1H3. The largest absolute Gasteiger partial charge is 0.392 e. The second-order valence-corrected chi connectivity index (χ2v) is 4.58. The summed E-state index contributed by atoms with van der Waals surface area (Å²) in [6.07, 6.45) is 0.807. The maximum atomic E-state index is 9.37. The smallest absolute Gasteiger partial charge is 0.0684 e. The van der Waals surface area contributed by atoms with Crippen molar-refractivity contribution in [2.75, 3.05) is 0 Å². The van der Waals surface area contributed by atoms with Crippen molar-refractivity contribution in [1.82, 2.24) is 0 Å². The van der Waals surface area contributed by atoms with Gasteiger partial charge in [0.05, 0.1) is 13.2 Å². The molecule has 0 saturated carbocycles. The number of hydrogen-bond acceptors (Lipinski definition) is 2. The van der Waals surface area contributed by atoms with Crippen LogP contribution in [0, 0.1) is 6.92 Å². The molecular weight excluding hydrogens is 224 g/mol. The van der Waals surface area contributed by atoms with Gasteiger partial charge in [-0.05, 0) is 35.6 Å². The maximum absolute atomic E-state index is 9.37. The van der Waals surface area contributed by atoms with E-state index < -0.39 is 0 Å². The Morgan fingerprint density at radius 2 is 1.44 bits per heavy atom. The van der Waals surface area contributed by atoms with E-state index in [1.807, 2.05) is 37.3 Å². The Hall–Kier alpha value is -1.64. The molecule has 0 heterocycles. The van der Waals surface area contributed by atoms with Crippen molar-refractivity contribution >= 4 is 0 Å². The van der Waals surface area contributed by atoms with E-state index in [1.54, 1.807) is 0 Å². The minimum atomic E-state index is 0.0751. The van der Waals surface area contributed by atoms with Crippen LogP contribution in [0.3, 0.4) is 0 Å². The summed E-state index contributed by atoms with van der Waals surface area (Å²) in [6.45, 7) is 2.18. The monoisotopic (exact) mass is 242 g/mol. The van der Waals surface area contributed by atoms with E-state index in [2.05, 4.69) is 12.1 Å². The molecule has 0 aliphatic rings. The molecule has 0 aliphatic heterocycles. The van der Waals surface area contributed by atoms with Crippen LogP contribution in [0.25, 0.3) is 0 Å². The van der Waals surface area contributed by atoms with Crippen LogP contribution in [-0.2, 0) is 19.6 Å². The second-order valence-electron chi connectivity index (χ2n) is 4.58. The molecule has 0 saturated heterocycles. The summed E-state index contributed by atoms with van der Waals surface area (Å²) in [7, 11) is 0. The minimum absolute atomic E-state index is 0.0751. The van der Waals surface area contributed by atoms with Gasteiger partial charge in [0.1, 0.15) is 0 Å². The zero-order chi connectivity index (χ0) is 13.0. The number of hydrogen-bond donors (Lipinski definition) is 2. The van der Waals surface area contributed by atoms with Gasteiger partial charge >= 0.3 is 0 Å². The third kappa shape index (κ3) is 2.97. The minimum Gasteiger partial charge on any atom is -0.392 e. The lowest BCUT2D eigenvalue weighted by Gasteiger charge is -2.09. The van der Waals surface area contributed by atoms with E-state index >= 15 is 0 Å². The van der Waals surface area contributed by atoms with Crippen LogP contribution in [0.1, 0.15) is 27.8 Å². The van der Waals surface area contributed by atoms with Gasteiger partial charge in [0.2, 0.25) is 0 Å². The molecule has 0 spiro atoms. The van der Waals surface area contributed by atoms with Crippen molar-refractivity contribution in [2.24, 2.45) is 0 Å². The van der Waals surface area contributed by atoms with Gasteiger partial charge in [0.15, 0.2) is 0 Å². The van der Waals surface area contributed by atoms with Gasteiger partial charge < -0.3 is 10.2 Å². The maximum Gasteiger partial charge on any atom is 0.0684 e. The van der Waals surface area contributed by atoms with Crippen LogP contribution in [0.5, 0.6) is 0 Å². The molecular formula is C16H18O2. The molecule has 2 aromatic rings. The summed E-state index contributed by atoms with van der Waals surface area (Å²) in [6, 6.07) is 14.1. The molecule has 0 fully saturated rings. The third-order valence-corrected chi connectivity index (χ3v) is 3.13. The first-order chi connectivity index (χ1) is 8.72. The van der Waals surface area contributed by atoms with E-state index in [4.69, 9.17) is 5.11 Å². The average molecular weight is 242 g/mol. The Morgan fingerprint density at radius 3 is 2.06 bits per heavy atom. The number of aliphatic hydroxyl groups excluding tert-OH is 2. The highest BCUT2D eigenvalue weighted by atomic mass is 16.3. The predicted octanol–water partition coefficient (Wildman–Crippen LogP) is 2.57. The Labute approximate surface area is 108 Å². The Kier molecular flexibility index (Phi) is 4.13. The SMILES string of the molecule is Cc1ccc(Cc2ccc(CO)cc2)c(CO)c1. The first-order valence-electron chi connectivity index (χ1n) is 6.11. The number of rotatable bonds is 4. The van der Waals surface area contributed by atoms with Crippen LogP contribution in [-0.4, -0.2) is 10.2 Å². The normalized spacial score (nSPS) is 10.6. The summed E-state index contributed by atoms with van der Waals surface area (Å²) in [5.74, 6) is 0. The fraction of sp³-hybridized carbons (Fsp3) is 0.250. The molecule has 2 rings (SSSR count). The summed E-state index contributed by atoms with van der Waals surface area (Å²) >= 11 is 0. The second kappa shape index (κ2) is 5.80. The molecule has 0 atom stereocenters. The highest BCUT2D eigenvalue weighted by Gasteiger charge is 2.03. The van der Waals surface area contributed by atoms with Crippen LogP contribution < -0.4 is 0 Å². The van der Waals surface area contributed by atoms with Gasteiger partial charge in [-0.2, -0.15) is 0 Å². The van der Waals surface area contributed by atoms with E-state index in [-0.39, 0.29) is 13.2 Å². The molecule has 2 aromatic carbocycles. The third-order valence-electron chi connectivity index (χ3n) is 3.13. The molecule has 0 aliphatic carbocycles. The van der Waals surface area contributed by atoms with E-state index in [1.165, 1.54) is 11.1 Å². The van der Waals surface area contributed by atoms with E-state index in [0.29, 0.717) is 0 Å². The Morgan fingerprint density at radius 1 is 0.778 bits per heavy atom. The van der Waals surface area contributed by atoms with Crippen LogP contribution in [0.15, 0.2) is 42.5 Å². The lowest BCUT2D eigenvalue weighted by atomic mass is 9.98. The highest BCUT2D eigenvalue weighted by molar-refractivity contribution is 5.36. The lowest BCUT2D eigenvalue weighted by Crippen LogP contribution is -1.97. The van der Waals surface area contributed by atoms with Gasteiger partial charge in [-0.15, -0.1) is 0 Å². The van der Waals surface area contributed by atoms with Gasteiger partial charge in [0, 0.05) is 0 Å². The molecule has 0 bridgehead atoms. The van der Waals surface area contributed by atoms with Gasteiger partial charge in [-0.1, -0.05) is 48.0 Å². The predicted molar refractivity (Wildman–Crippen MR) is 72.3 cm³/mol. The van der Waals surface area contributed by atoms with Crippen LogP contribution >= 0.6 is 0 Å². The fourth-order valence-electron chi connectivity index (χ4n) is 2.06. The molecule has 2 N–H and O–H groups in total. The number of benzene rings is 2. The van der Waals surface area contributed by atoms with Crippen molar-refractivity contribution in [2.45, 2.75) is 26.6 Å². The molecule has 18 heavy (non-hydrogen) atoms. The van der Waals surface area contributed by atoms with Crippen LogP contribution in [0.2, 0.25) is 0 Å². The lowest BCUT2D eigenvalue weighted by molar-refractivity contribution is 0.280. The Bertz CT molecular complexity index is 515. The molecule has 2 heteroatoms. The zero-order valence-corrected chi connectivity index (χ0v) is 10.6. The molecule has 0 unspecified atom stereocenters. The number of aryl methyl sites for hydroxylation is 1. The highest BCUT2D eigenvalue weighted by Crippen LogP contribution is 2.17. The first-order valence-corrected chi connectivity index (χ1v) is 6.11. The number of aliphatic hydroxyl groups is 2. The molecule has 0 radical (unpaired) electrons. The Balaban J connectivity index is 2.22. The van der Waals surface area contributed by atoms with Gasteiger partial charge in [0.25, 0.3) is 0 Å². The summed E-state index contributed by atoms with van der Waals surface area (Å²) in [5, 5.41) is 18.4. The van der Waals surface area contributed by atoms with E-state index in [9.17, 15) is 5.11 Å². The molecule has 94 valence electrons.